The van der Waals surface area contributed by atoms with Crippen molar-refractivity contribution in [2.45, 2.75) is 5.54 Å². The number of ether oxygens (including phenoxy) is 2. The first kappa shape index (κ1) is 20.3. The van der Waals surface area contributed by atoms with E-state index >= 15 is 0 Å². The maximum Gasteiger partial charge on any atom is 0.314 e. The molecule has 3 amide bonds. The van der Waals surface area contributed by atoms with Crippen molar-refractivity contribution in [1.82, 2.24) is 10.3 Å². The van der Waals surface area contributed by atoms with E-state index in [0.29, 0.717) is 18.2 Å². The highest BCUT2D eigenvalue weighted by Gasteiger charge is 2.43. The molecule has 0 unspecified atom stereocenters. The number of anilines is 2. The SMILES string of the molecule is O=C(Nc1ccc(Cl)cn1)C(=O)NC1(c2ccc(N3CCOCC3=O)cc2)COC1. The quantitative estimate of drug-likeness (QED) is 0.702. The van der Waals surface area contributed by atoms with Gasteiger partial charge in [0, 0.05) is 18.4 Å². The van der Waals surface area contributed by atoms with E-state index < -0.39 is 17.4 Å². The van der Waals surface area contributed by atoms with Crippen molar-refractivity contribution >= 4 is 40.8 Å². The summed E-state index contributed by atoms with van der Waals surface area (Å²) in [6.45, 7) is 1.51. The van der Waals surface area contributed by atoms with Crippen LogP contribution in [0.25, 0.3) is 0 Å². The molecule has 2 aliphatic heterocycles. The monoisotopic (exact) mass is 430 g/mol. The van der Waals surface area contributed by atoms with Crippen LogP contribution in [-0.2, 0) is 29.4 Å². The second-order valence-corrected chi connectivity index (χ2v) is 7.43. The largest absolute Gasteiger partial charge is 0.376 e. The fourth-order valence-electron chi connectivity index (χ4n) is 3.27. The Morgan fingerprint density at radius 3 is 2.43 bits per heavy atom. The summed E-state index contributed by atoms with van der Waals surface area (Å²) < 4.78 is 10.5. The number of halogens is 1. The predicted molar refractivity (Wildman–Crippen MR) is 108 cm³/mol. The summed E-state index contributed by atoms with van der Waals surface area (Å²) in [4.78, 5) is 42.3. The fraction of sp³-hybridized carbons (Fsp3) is 0.300. The number of pyridine rings is 1. The second kappa shape index (κ2) is 8.39. The molecule has 0 saturated carbocycles. The molecular weight excluding hydrogens is 412 g/mol. The third-order valence-electron chi connectivity index (χ3n) is 4.94. The Balaban J connectivity index is 1.44. The average Bonchev–Trinajstić information content (AvgIpc) is 2.73. The van der Waals surface area contributed by atoms with Crippen LogP contribution in [0.2, 0.25) is 5.02 Å². The molecule has 2 aromatic rings. The Kier molecular flexibility index (Phi) is 5.67. The zero-order chi connectivity index (χ0) is 21.1. The van der Waals surface area contributed by atoms with E-state index in [9.17, 15) is 14.4 Å². The molecule has 1 aromatic carbocycles. The molecule has 2 N–H and O–H groups in total. The first-order chi connectivity index (χ1) is 14.5. The van der Waals surface area contributed by atoms with Gasteiger partial charge in [-0.25, -0.2) is 4.98 Å². The molecule has 0 radical (unpaired) electrons. The van der Waals surface area contributed by atoms with Gasteiger partial charge in [-0.05, 0) is 29.8 Å². The van der Waals surface area contributed by atoms with Gasteiger partial charge in [0.25, 0.3) is 5.91 Å². The van der Waals surface area contributed by atoms with E-state index in [4.69, 9.17) is 21.1 Å². The molecule has 156 valence electrons. The van der Waals surface area contributed by atoms with Crippen LogP contribution in [0.1, 0.15) is 5.56 Å². The maximum atomic E-state index is 12.5. The van der Waals surface area contributed by atoms with Gasteiger partial charge in [-0.15, -0.1) is 0 Å². The van der Waals surface area contributed by atoms with Crippen molar-refractivity contribution in [3.63, 3.8) is 0 Å². The van der Waals surface area contributed by atoms with Crippen LogP contribution in [-0.4, -0.2) is 55.7 Å². The normalized spacial score (nSPS) is 17.8. The van der Waals surface area contributed by atoms with E-state index in [0.717, 1.165) is 11.3 Å². The predicted octanol–water partition coefficient (Wildman–Crippen LogP) is 1.08. The Bertz CT molecular complexity index is 960. The zero-order valence-electron chi connectivity index (χ0n) is 15.9. The average molecular weight is 431 g/mol. The molecule has 2 saturated heterocycles. The number of hydrogen-bond acceptors (Lipinski definition) is 6. The molecule has 9 nitrogen and oxygen atoms in total. The van der Waals surface area contributed by atoms with Gasteiger partial charge in [0.2, 0.25) is 0 Å². The van der Waals surface area contributed by atoms with Gasteiger partial charge in [0.05, 0.1) is 24.8 Å². The summed E-state index contributed by atoms with van der Waals surface area (Å²) in [5, 5.41) is 5.61. The number of carbonyl (C=O) groups is 3. The molecule has 4 rings (SSSR count). The number of carbonyl (C=O) groups excluding carboxylic acids is 3. The Morgan fingerprint density at radius 2 is 1.83 bits per heavy atom. The topological polar surface area (TPSA) is 110 Å². The molecule has 10 heteroatoms. The Morgan fingerprint density at radius 1 is 1.07 bits per heavy atom. The lowest BCUT2D eigenvalue weighted by molar-refractivity contribution is -0.144. The minimum Gasteiger partial charge on any atom is -0.376 e. The Labute approximate surface area is 177 Å². The van der Waals surface area contributed by atoms with Crippen molar-refractivity contribution in [1.29, 1.82) is 0 Å². The lowest BCUT2D eigenvalue weighted by Crippen LogP contribution is -2.61. The number of hydrogen-bond donors (Lipinski definition) is 2. The smallest absolute Gasteiger partial charge is 0.314 e. The van der Waals surface area contributed by atoms with Crippen LogP contribution in [0.5, 0.6) is 0 Å². The summed E-state index contributed by atoms with van der Waals surface area (Å²) >= 11 is 5.76. The van der Waals surface area contributed by atoms with Crippen LogP contribution in [0, 0.1) is 0 Å². The summed E-state index contributed by atoms with van der Waals surface area (Å²) in [5.74, 6) is -1.52. The zero-order valence-corrected chi connectivity index (χ0v) is 16.6. The van der Waals surface area contributed by atoms with Crippen LogP contribution in [0.15, 0.2) is 42.6 Å². The van der Waals surface area contributed by atoms with Crippen molar-refractivity contribution in [2.24, 2.45) is 0 Å². The summed E-state index contributed by atoms with van der Waals surface area (Å²) in [6, 6.07) is 10.3. The first-order valence-electron chi connectivity index (χ1n) is 9.28. The fourth-order valence-corrected chi connectivity index (χ4v) is 3.38. The molecule has 1 aromatic heterocycles. The maximum absolute atomic E-state index is 12.5. The first-order valence-corrected chi connectivity index (χ1v) is 9.66. The van der Waals surface area contributed by atoms with Crippen LogP contribution in [0.3, 0.4) is 0 Å². The number of nitrogens with zero attached hydrogens (tertiary/aromatic N) is 2. The van der Waals surface area contributed by atoms with Gasteiger partial charge in [-0.1, -0.05) is 23.7 Å². The minimum absolute atomic E-state index is 0.0627. The van der Waals surface area contributed by atoms with Crippen molar-refractivity contribution in [3.8, 4) is 0 Å². The van der Waals surface area contributed by atoms with Gasteiger partial charge in [0.1, 0.15) is 18.0 Å². The third kappa shape index (κ3) is 4.13. The summed E-state index contributed by atoms with van der Waals surface area (Å²) in [5.41, 5.74) is 0.722. The lowest BCUT2D eigenvalue weighted by atomic mass is 9.87. The number of aromatic nitrogens is 1. The molecular formula is C20H19ClN4O5. The highest BCUT2D eigenvalue weighted by molar-refractivity contribution is 6.39. The highest BCUT2D eigenvalue weighted by Crippen LogP contribution is 2.31. The standard InChI is InChI=1S/C20H19ClN4O5/c21-14-3-6-16(22-9-14)23-18(27)19(28)24-20(11-30-12-20)13-1-4-15(5-2-13)25-7-8-29-10-17(25)26/h1-6,9H,7-8,10-12H2,(H,24,28)(H,22,23,27). The van der Waals surface area contributed by atoms with Gasteiger partial charge in [0.15, 0.2) is 0 Å². The highest BCUT2D eigenvalue weighted by atomic mass is 35.5. The van der Waals surface area contributed by atoms with E-state index in [1.807, 2.05) is 24.3 Å². The molecule has 0 bridgehead atoms. The number of nitrogens with one attached hydrogen (secondary N) is 2. The second-order valence-electron chi connectivity index (χ2n) is 6.99. The lowest BCUT2D eigenvalue weighted by Gasteiger charge is -2.42. The number of benzene rings is 1. The van der Waals surface area contributed by atoms with Crippen molar-refractivity contribution in [2.75, 3.05) is 43.2 Å². The molecule has 2 fully saturated rings. The molecule has 3 heterocycles. The van der Waals surface area contributed by atoms with Crippen molar-refractivity contribution < 1.29 is 23.9 Å². The van der Waals surface area contributed by atoms with Gasteiger partial charge in [-0.3, -0.25) is 14.4 Å². The van der Waals surface area contributed by atoms with Crippen LogP contribution in [0.4, 0.5) is 11.5 Å². The molecule has 0 spiro atoms. The summed E-state index contributed by atoms with van der Waals surface area (Å²) in [7, 11) is 0. The summed E-state index contributed by atoms with van der Waals surface area (Å²) in [6.07, 6.45) is 1.37. The number of rotatable bonds is 4. The number of morpholine rings is 1. The Hall–Kier alpha value is -3.01. The minimum atomic E-state index is -0.841. The molecule has 2 aliphatic rings. The van der Waals surface area contributed by atoms with Gasteiger partial charge >= 0.3 is 11.8 Å². The molecule has 0 atom stereocenters. The molecule has 0 aliphatic carbocycles. The molecule has 30 heavy (non-hydrogen) atoms. The van der Waals surface area contributed by atoms with Crippen LogP contribution >= 0.6 is 11.6 Å². The van der Waals surface area contributed by atoms with E-state index in [1.165, 1.54) is 12.3 Å². The van der Waals surface area contributed by atoms with E-state index in [2.05, 4.69) is 15.6 Å². The van der Waals surface area contributed by atoms with Gasteiger partial charge < -0.3 is 25.0 Å². The van der Waals surface area contributed by atoms with Crippen molar-refractivity contribution in [3.05, 3.63) is 53.2 Å². The van der Waals surface area contributed by atoms with Gasteiger partial charge in [-0.2, -0.15) is 0 Å². The number of amides is 3. The van der Waals surface area contributed by atoms with E-state index in [1.54, 1.807) is 11.0 Å². The van der Waals surface area contributed by atoms with Crippen LogP contribution < -0.4 is 15.5 Å². The third-order valence-corrected chi connectivity index (χ3v) is 5.17. The van der Waals surface area contributed by atoms with E-state index in [-0.39, 0.29) is 31.5 Å².